The van der Waals surface area contributed by atoms with E-state index in [0.717, 1.165) is 25.8 Å². The molecule has 1 aliphatic rings. The summed E-state index contributed by atoms with van der Waals surface area (Å²) in [6, 6.07) is 0.635. The van der Waals surface area contributed by atoms with Crippen LogP contribution in [0.1, 0.15) is 32.1 Å². The van der Waals surface area contributed by atoms with Gasteiger partial charge in [-0.1, -0.05) is 0 Å². The van der Waals surface area contributed by atoms with Crippen molar-refractivity contribution < 1.29 is 9.92 Å². The average Bonchev–Trinajstić information content (AvgIpc) is 2.55. The molecule has 0 saturated carbocycles. The molecule has 76 valence electrons. The van der Waals surface area contributed by atoms with Gasteiger partial charge in [0.15, 0.2) is 0 Å². The van der Waals surface area contributed by atoms with Crippen LogP contribution in [0.2, 0.25) is 0 Å². The second kappa shape index (κ2) is 5.75. The van der Waals surface area contributed by atoms with E-state index in [4.69, 9.17) is 0 Å². The third-order valence-corrected chi connectivity index (χ3v) is 2.31. The van der Waals surface area contributed by atoms with Crippen LogP contribution in [-0.4, -0.2) is 24.3 Å². The SMILES string of the molecule is O=[N+]([O-])OCCCCC1CCCN1. The Morgan fingerprint density at radius 1 is 1.54 bits per heavy atom. The Kier molecular flexibility index (Phi) is 4.53. The zero-order valence-electron chi connectivity index (χ0n) is 7.70. The molecule has 5 nitrogen and oxygen atoms in total. The van der Waals surface area contributed by atoms with E-state index < -0.39 is 5.09 Å². The molecule has 1 rings (SSSR count). The monoisotopic (exact) mass is 188 g/mol. The van der Waals surface area contributed by atoms with Gasteiger partial charge in [-0.05, 0) is 38.6 Å². The lowest BCUT2D eigenvalue weighted by atomic mass is 10.1. The summed E-state index contributed by atoms with van der Waals surface area (Å²) in [5.41, 5.74) is 0. The van der Waals surface area contributed by atoms with Crippen molar-refractivity contribution in [3.63, 3.8) is 0 Å². The molecule has 1 heterocycles. The summed E-state index contributed by atoms with van der Waals surface area (Å²) in [5, 5.41) is 12.4. The highest BCUT2D eigenvalue weighted by atomic mass is 16.9. The number of hydrogen-bond acceptors (Lipinski definition) is 4. The molecule has 1 aliphatic heterocycles. The predicted molar refractivity (Wildman–Crippen MR) is 47.8 cm³/mol. The van der Waals surface area contributed by atoms with Crippen LogP contribution in [0.4, 0.5) is 0 Å². The minimum atomic E-state index is -0.728. The van der Waals surface area contributed by atoms with Gasteiger partial charge in [0.2, 0.25) is 0 Å². The third kappa shape index (κ3) is 4.67. The van der Waals surface area contributed by atoms with E-state index in [9.17, 15) is 10.1 Å². The molecule has 5 heteroatoms. The van der Waals surface area contributed by atoms with Gasteiger partial charge in [0.1, 0.15) is 0 Å². The van der Waals surface area contributed by atoms with Crippen LogP contribution < -0.4 is 5.32 Å². The molecule has 1 atom stereocenters. The number of nitrogens with one attached hydrogen (secondary N) is 1. The summed E-state index contributed by atoms with van der Waals surface area (Å²) < 4.78 is 0. The number of rotatable bonds is 6. The Labute approximate surface area is 77.6 Å². The molecule has 0 aliphatic carbocycles. The van der Waals surface area contributed by atoms with E-state index >= 15 is 0 Å². The van der Waals surface area contributed by atoms with Crippen LogP contribution in [0.3, 0.4) is 0 Å². The second-order valence-electron chi connectivity index (χ2n) is 3.35. The van der Waals surface area contributed by atoms with E-state index in [1.165, 1.54) is 12.8 Å². The molecule has 0 aromatic heterocycles. The van der Waals surface area contributed by atoms with Gasteiger partial charge < -0.3 is 10.2 Å². The van der Waals surface area contributed by atoms with Crippen molar-refractivity contribution in [1.29, 1.82) is 0 Å². The topological polar surface area (TPSA) is 64.4 Å². The summed E-state index contributed by atoms with van der Waals surface area (Å²) >= 11 is 0. The highest BCUT2D eigenvalue weighted by Gasteiger charge is 2.12. The lowest BCUT2D eigenvalue weighted by Crippen LogP contribution is -2.21. The van der Waals surface area contributed by atoms with Crippen molar-refractivity contribution in [3.05, 3.63) is 10.1 Å². The summed E-state index contributed by atoms with van der Waals surface area (Å²) in [7, 11) is 0. The van der Waals surface area contributed by atoms with E-state index in [1.807, 2.05) is 0 Å². The van der Waals surface area contributed by atoms with Crippen LogP contribution in [0, 0.1) is 10.1 Å². The van der Waals surface area contributed by atoms with Crippen LogP contribution in [0.15, 0.2) is 0 Å². The Bertz CT molecular complexity index is 157. The minimum Gasteiger partial charge on any atom is -0.314 e. The van der Waals surface area contributed by atoms with Gasteiger partial charge in [-0.3, -0.25) is 0 Å². The van der Waals surface area contributed by atoms with Crippen molar-refractivity contribution in [3.8, 4) is 0 Å². The van der Waals surface area contributed by atoms with Gasteiger partial charge in [0.25, 0.3) is 5.09 Å². The van der Waals surface area contributed by atoms with Gasteiger partial charge in [0, 0.05) is 6.04 Å². The Hall–Kier alpha value is -0.840. The summed E-state index contributed by atoms with van der Waals surface area (Å²) in [4.78, 5) is 14.0. The molecule has 0 amide bonds. The first-order chi connectivity index (χ1) is 6.29. The Balaban J connectivity index is 1.86. The molecule has 0 aromatic carbocycles. The maximum atomic E-state index is 9.79. The van der Waals surface area contributed by atoms with Gasteiger partial charge in [0.05, 0.1) is 6.61 Å². The molecule has 1 N–H and O–H groups in total. The first kappa shape index (κ1) is 10.2. The van der Waals surface area contributed by atoms with E-state index in [-0.39, 0.29) is 6.61 Å². The number of hydrogen-bond donors (Lipinski definition) is 1. The molecule has 0 bridgehead atoms. The zero-order chi connectivity index (χ0) is 9.52. The predicted octanol–water partition coefficient (Wildman–Crippen LogP) is 1.12. The van der Waals surface area contributed by atoms with Crippen molar-refractivity contribution in [1.82, 2.24) is 5.32 Å². The summed E-state index contributed by atoms with van der Waals surface area (Å²) in [5.74, 6) is 0. The maximum Gasteiger partial charge on any atom is 0.294 e. The fourth-order valence-corrected chi connectivity index (χ4v) is 1.63. The Morgan fingerprint density at radius 2 is 2.38 bits per heavy atom. The van der Waals surface area contributed by atoms with Gasteiger partial charge >= 0.3 is 0 Å². The van der Waals surface area contributed by atoms with Gasteiger partial charge in [-0.2, -0.15) is 0 Å². The molecule has 13 heavy (non-hydrogen) atoms. The molecular weight excluding hydrogens is 172 g/mol. The molecule has 1 unspecified atom stereocenters. The minimum absolute atomic E-state index is 0.236. The van der Waals surface area contributed by atoms with E-state index in [1.54, 1.807) is 0 Å². The zero-order valence-corrected chi connectivity index (χ0v) is 7.70. The smallest absolute Gasteiger partial charge is 0.294 e. The molecular formula is C8H16N2O3. The Morgan fingerprint density at radius 3 is 3.00 bits per heavy atom. The summed E-state index contributed by atoms with van der Waals surface area (Å²) in [6.45, 7) is 1.36. The lowest BCUT2D eigenvalue weighted by Gasteiger charge is -2.08. The number of nitrogens with zero attached hydrogens (tertiary/aromatic N) is 1. The van der Waals surface area contributed by atoms with E-state index in [2.05, 4.69) is 10.2 Å². The number of unbranched alkanes of at least 4 members (excludes halogenated alkanes) is 1. The fourth-order valence-electron chi connectivity index (χ4n) is 1.63. The first-order valence-corrected chi connectivity index (χ1v) is 4.80. The molecule has 0 radical (unpaired) electrons. The van der Waals surface area contributed by atoms with Crippen molar-refractivity contribution in [2.75, 3.05) is 13.2 Å². The van der Waals surface area contributed by atoms with E-state index in [0.29, 0.717) is 6.04 Å². The van der Waals surface area contributed by atoms with Crippen LogP contribution >= 0.6 is 0 Å². The first-order valence-electron chi connectivity index (χ1n) is 4.80. The second-order valence-corrected chi connectivity index (χ2v) is 3.35. The summed E-state index contributed by atoms with van der Waals surface area (Å²) in [6.07, 6.45) is 5.40. The molecule has 1 fully saturated rings. The normalized spacial score (nSPS) is 21.7. The standard InChI is InChI=1S/C8H16N2O3/c11-10(12)13-7-2-1-4-8-5-3-6-9-8/h8-9H,1-7H2. The average molecular weight is 188 g/mol. The van der Waals surface area contributed by atoms with Gasteiger partial charge in [-0.25, -0.2) is 0 Å². The third-order valence-electron chi connectivity index (χ3n) is 2.31. The molecule has 0 aromatic rings. The highest BCUT2D eigenvalue weighted by molar-refractivity contribution is 4.73. The highest BCUT2D eigenvalue weighted by Crippen LogP contribution is 2.11. The quantitative estimate of drug-likeness (QED) is 0.385. The van der Waals surface area contributed by atoms with Crippen LogP contribution in [-0.2, 0) is 4.84 Å². The largest absolute Gasteiger partial charge is 0.314 e. The molecule has 0 spiro atoms. The van der Waals surface area contributed by atoms with Crippen LogP contribution in [0.25, 0.3) is 0 Å². The van der Waals surface area contributed by atoms with Crippen molar-refractivity contribution >= 4 is 0 Å². The van der Waals surface area contributed by atoms with Crippen molar-refractivity contribution in [2.24, 2.45) is 0 Å². The molecule has 1 saturated heterocycles. The lowest BCUT2D eigenvalue weighted by molar-refractivity contribution is -0.757. The van der Waals surface area contributed by atoms with Crippen molar-refractivity contribution in [2.45, 2.75) is 38.1 Å². The van der Waals surface area contributed by atoms with Crippen LogP contribution in [0.5, 0.6) is 0 Å². The fraction of sp³-hybridized carbons (Fsp3) is 1.00. The maximum absolute atomic E-state index is 9.79. The van der Waals surface area contributed by atoms with Gasteiger partial charge in [-0.15, -0.1) is 10.1 Å².